The fourth-order valence-electron chi connectivity index (χ4n) is 5.62. The average Bonchev–Trinajstić information content (AvgIpc) is 3.34. The number of carbonyl (C=O) groups is 1. The quantitative estimate of drug-likeness (QED) is 0.237. The molecule has 1 aliphatic heterocycles. The first-order chi connectivity index (χ1) is 19.0. The fraction of sp³-hybridized carbons (Fsp3) is 0.312. The van der Waals surface area contributed by atoms with Gasteiger partial charge in [-0.1, -0.05) is 84.4 Å². The molecule has 0 unspecified atom stereocenters. The van der Waals surface area contributed by atoms with E-state index < -0.39 is 5.97 Å². The van der Waals surface area contributed by atoms with Crippen molar-refractivity contribution >= 4 is 17.6 Å². The second kappa shape index (κ2) is 12.6. The van der Waals surface area contributed by atoms with Crippen molar-refractivity contribution in [2.24, 2.45) is 0 Å². The van der Waals surface area contributed by atoms with Crippen LogP contribution >= 0.6 is 11.6 Å². The van der Waals surface area contributed by atoms with E-state index >= 15 is 0 Å². The number of carboxylic acid groups (broad SMARTS) is 1. The molecular weight excluding hydrogens is 508 g/mol. The molecule has 1 aliphatic rings. The van der Waals surface area contributed by atoms with E-state index in [1.165, 1.54) is 11.1 Å². The van der Waals surface area contributed by atoms with Crippen molar-refractivity contribution in [2.75, 3.05) is 19.6 Å². The van der Waals surface area contributed by atoms with Crippen LogP contribution in [-0.4, -0.2) is 45.4 Å². The second-order valence-corrected chi connectivity index (χ2v) is 10.8. The third kappa shape index (κ3) is 6.77. The molecule has 0 spiro atoms. The normalized spacial score (nSPS) is 15.3. The average molecular weight is 543 g/mol. The summed E-state index contributed by atoms with van der Waals surface area (Å²) in [6, 6.07) is 29.6. The number of piperidine rings is 1. The zero-order chi connectivity index (χ0) is 27.1. The molecule has 5 rings (SSSR count). The first kappa shape index (κ1) is 27.1. The molecule has 0 aliphatic carbocycles. The van der Waals surface area contributed by atoms with Crippen molar-refractivity contribution in [3.05, 3.63) is 124 Å². The number of aromatic nitrogens is 2. The summed E-state index contributed by atoms with van der Waals surface area (Å²) in [7, 11) is 0. The highest BCUT2D eigenvalue weighted by Gasteiger charge is 2.37. The van der Waals surface area contributed by atoms with Gasteiger partial charge in [0, 0.05) is 41.8 Å². The van der Waals surface area contributed by atoms with Gasteiger partial charge in [0.2, 0.25) is 0 Å². The molecule has 1 saturated heterocycles. The summed E-state index contributed by atoms with van der Waals surface area (Å²) in [6.45, 7) is 4.39. The number of carboxylic acids is 1. The maximum absolute atomic E-state index is 11.0. The Labute approximate surface area is 235 Å². The highest BCUT2D eigenvalue weighted by molar-refractivity contribution is 6.30. The molecule has 202 valence electrons. The predicted octanol–water partition coefficient (Wildman–Crippen LogP) is 5.73. The molecule has 6 nitrogen and oxygen atoms in total. The Bertz CT molecular complexity index is 1310. The van der Waals surface area contributed by atoms with Crippen molar-refractivity contribution in [2.45, 2.75) is 44.3 Å². The standard InChI is InChI=1S/C32H35ClN4O2/c33-29-13-11-25(12-14-29)22-37-23-26(21-34-18-15-31(38)39)30(35-37)24-36-19-16-32(17-20-36,27-7-3-1-4-8-27)28-9-5-2-6-10-28/h1-14,23,34H,15-22,24H2,(H,38,39). The van der Waals surface area contributed by atoms with E-state index in [-0.39, 0.29) is 11.8 Å². The number of halogens is 1. The fourth-order valence-corrected chi connectivity index (χ4v) is 5.75. The Hall–Kier alpha value is -3.45. The number of benzene rings is 3. The van der Waals surface area contributed by atoms with Crippen LogP contribution in [0.2, 0.25) is 5.02 Å². The predicted molar refractivity (Wildman–Crippen MR) is 155 cm³/mol. The minimum atomic E-state index is -0.796. The molecule has 3 aromatic carbocycles. The summed E-state index contributed by atoms with van der Waals surface area (Å²) in [6.07, 6.45) is 4.26. The first-order valence-corrected chi connectivity index (χ1v) is 14.0. The molecule has 7 heteroatoms. The molecule has 1 fully saturated rings. The van der Waals surface area contributed by atoms with Gasteiger partial charge >= 0.3 is 5.97 Å². The Morgan fingerprint density at radius 3 is 2.10 bits per heavy atom. The molecule has 2 N–H and O–H groups in total. The van der Waals surface area contributed by atoms with Gasteiger partial charge in [-0.2, -0.15) is 5.10 Å². The molecule has 4 aromatic rings. The van der Waals surface area contributed by atoms with Gasteiger partial charge in [-0.25, -0.2) is 0 Å². The summed E-state index contributed by atoms with van der Waals surface area (Å²) in [5.41, 5.74) is 6.05. The van der Waals surface area contributed by atoms with Gasteiger partial charge in [0.1, 0.15) is 0 Å². The number of nitrogens with zero attached hydrogens (tertiary/aromatic N) is 3. The Morgan fingerprint density at radius 2 is 1.51 bits per heavy atom. The van der Waals surface area contributed by atoms with Crippen LogP contribution in [0, 0.1) is 0 Å². The Kier molecular flexibility index (Phi) is 8.77. The highest BCUT2D eigenvalue weighted by atomic mass is 35.5. The molecule has 2 heterocycles. The van der Waals surface area contributed by atoms with Gasteiger partial charge < -0.3 is 10.4 Å². The second-order valence-electron chi connectivity index (χ2n) is 10.3. The van der Waals surface area contributed by atoms with Crippen LogP contribution in [0.25, 0.3) is 0 Å². The lowest BCUT2D eigenvalue weighted by molar-refractivity contribution is -0.136. The van der Waals surface area contributed by atoms with Crippen LogP contribution in [-0.2, 0) is 29.8 Å². The topological polar surface area (TPSA) is 70.4 Å². The smallest absolute Gasteiger partial charge is 0.304 e. The van der Waals surface area contributed by atoms with Crippen molar-refractivity contribution < 1.29 is 9.90 Å². The van der Waals surface area contributed by atoms with Crippen molar-refractivity contribution in [3.8, 4) is 0 Å². The van der Waals surface area contributed by atoms with Crippen molar-refractivity contribution in [3.63, 3.8) is 0 Å². The lowest BCUT2D eigenvalue weighted by atomic mass is 9.68. The van der Waals surface area contributed by atoms with Gasteiger partial charge in [-0.15, -0.1) is 0 Å². The van der Waals surface area contributed by atoms with E-state index in [4.69, 9.17) is 21.8 Å². The monoisotopic (exact) mass is 542 g/mol. The Balaban J connectivity index is 1.32. The van der Waals surface area contributed by atoms with Gasteiger partial charge in [0.05, 0.1) is 18.7 Å². The van der Waals surface area contributed by atoms with E-state index in [0.29, 0.717) is 19.6 Å². The SMILES string of the molecule is O=C(O)CCNCc1cn(Cc2ccc(Cl)cc2)nc1CN1CCC(c2ccccc2)(c2ccccc2)CC1. The minimum Gasteiger partial charge on any atom is -0.481 e. The molecule has 0 amide bonds. The summed E-state index contributed by atoms with van der Waals surface area (Å²) >= 11 is 6.07. The Morgan fingerprint density at radius 1 is 0.897 bits per heavy atom. The lowest BCUT2D eigenvalue weighted by Gasteiger charge is -2.43. The molecular formula is C32H35ClN4O2. The van der Waals surface area contributed by atoms with E-state index in [2.05, 4.69) is 77.1 Å². The third-order valence-electron chi connectivity index (χ3n) is 7.75. The summed E-state index contributed by atoms with van der Waals surface area (Å²) in [5, 5.41) is 18.0. The van der Waals surface area contributed by atoms with Gasteiger partial charge in [0.15, 0.2) is 0 Å². The minimum absolute atomic E-state index is 0.00812. The zero-order valence-corrected chi connectivity index (χ0v) is 22.9. The van der Waals surface area contributed by atoms with Crippen LogP contribution in [0.4, 0.5) is 0 Å². The summed E-state index contributed by atoms with van der Waals surface area (Å²) in [4.78, 5) is 13.5. The van der Waals surface area contributed by atoms with Gasteiger partial charge in [-0.3, -0.25) is 14.4 Å². The molecule has 0 radical (unpaired) electrons. The van der Waals surface area contributed by atoms with E-state index in [1.807, 2.05) is 28.9 Å². The van der Waals surface area contributed by atoms with E-state index in [1.54, 1.807) is 0 Å². The number of likely N-dealkylation sites (tertiary alicyclic amines) is 1. The van der Waals surface area contributed by atoms with Crippen LogP contribution in [0.1, 0.15) is 47.2 Å². The van der Waals surface area contributed by atoms with E-state index in [0.717, 1.165) is 54.3 Å². The maximum atomic E-state index is 11.0. The largest absolute Gasteiger partial charge is 0.481 e. The van der Waals surface area contributed by atoms with Crippen LogP contribution in [0.15, 0.2) is 91.1 Å². The lowest BCUT2D eigenvalue weighted by Crippen LogP contribution is -2.43. The highest BCUT2D eigenvalue weighted by Crippen LogP contribution is 2.41. The zero-order valence-electron chi connectivity index (χ0n) is 22.1. The van der Waals surface area contributed by atoms with Crippen LogP contribution < -0.4 is 5.32 Å². The maximum Gasteiger partial charge on any atom is 0.304 e. The number of hydrogen-bond donors (Lipinski definition) is 2. The molecule has 0 bridgehead atoms. The first-order valence-electron chi connectivity index (χ1n) is 13.6. The summed E-state index contributed by atoms with van der Waals surface area (Å²) < 4.78 is 1.98. The molecule has 1 aromatic heterocycles. The summed E-state index contributed by atoms with van der Waals surface area (Å²) in [5.74, 6) is -0.796. The number of nitrogens with one attached hydrogen (secondary N) is 1. The van der Waals surface area contributed by atoms with Crippen molar-refractivity contribution in [1.29, 1.82) is 0 Å². The van der Waals surface area contributed by atoms with Crippen LogP contribution in [0.5, 0.6) is 0 Å². The number of rotatable bonds is 11. The van der Waals surface area contributed by atoms with Gasteiger partial charge in [-0.05, 0) is 54.8 Å². The molecule has 39 heavy (non-hydrogen) atoms. The van der Waals surface area contributed by atoms with Crippen LogP contribution in [0.3, 0.4) is 0 Å². The van der Waals surface area contributed by atoms with Gasteiger partial charge in [0.25, 0.3) is 0 Å². The number of aliphatic carboxylic acids is 1. The molecule has 0 atom stereocenters. The number of hydrogen-bond acceptors (Lipinski definition) is 4. The third-order valence-corrected chi connectivity index (χ3v) is 8.00. The van der Waals surface area contributed by atoms with Crippen molar-refractivity contribution in [1.82, 2.24) is 20.0 Å². The van der Waals surface area contributed by atoms with E-state index in [9.17, 15) is 4.79 Å². The molecule has 0 saturated carbocycles.